The molecule has 47 heavy (non-hydrogen) atoms. The van der Waals surface area contributed by atoms with Crippen LogP contribution in [-0.4, -0.2) is 81.6 Å². The van der Waals surface area contributed by atoms with Crippen LogP contribution in [-0.2, 0) is 29.1 Å². The van der Waals surface area contributed by atoms with Crippen molar-refractivity contribution in [2.24, 2.45) is 0 Å². The molecule has 6 rings (SSSR count). The second kappa shape index (κ2) is 13.8. The Morgan fingerprint density at radius 2 is 1.91 bits per heavy atom. The summed E-state index contributed by atoms with van der Waals surface area (Å²) >= 11 is 13.6. The summed E-state index contributed by atoms with van der Waals surface area (Å²) in [5.41, 5.74) is 9.24. The predicted molar refractivity (Wildman–Crippen MR) is 183 cm³/mol. The van der Waals surface area contributed by atoms with Crippen LogP contribution in [0, 0.1) is 0 Å². The summed E-state index contributed by atoms with van der Waals surface area (Å²) in [6.45, 7) is 4.52. The summed E-state index contributed by atoms with van der Waals surface area (Å²) in [4.78, 5) is 49.5. The average Bonchev–Trinajstić information content (AvgIpc) is 3.61. The largest absolute Gasteiger partial charge is 0.497 e. The molecule has 244 valence electrons. The number of hydrogen-bond donors (Lipinski definition) is 2. The van der Waals surface area contributed by atoms with E-state index in [1.807, 2.05) is 42.5 Å². The second-order valence-corrected chi connectivity index (χ2v) is 13.1. The van der Waals surface area contributed by atoms with Crippen molar-refractivity contribution >= 4 is 67.7 Å². The van der Waals surface area contributed by atoms with Gasteiger partial charge in [0.05, 0.1) is 47.0 Å². The van der Waals surface area contributed by atoms with Gasteiger partial charge in [-0.15, -0.1) is 6.58 Å². The van der Waals surface area contributed by atoms with E-state index in [-0.39, 0.29) is 51.0 Å². The number of halogens is 2. The number of nitrogens with one attached hydrogen (secondary N) is 1. The van der Waals surface area contributed by atoms with Gasteiger partial charge in [0.15, 0.2) is 5.13 Å². The van der Waals surface area contributed by atoms with Crippen molar-refractivity contribution in [3.63, 3.8) is 0 Å². The molecule has 0 saturated carbocycles. The molecular formula is C33H33Cl2N7O4S. The van der Waals surface area contributed by atoms with Crippen LogP contribution in [0.5, 0.6) is 5.75 Å². The molecule has 0 spiro atoms. The van der Waals surface area contributed by atoms with Gasteiger partial charge in [-0.05, 0) is 47.0 Å². The van der Waals surface area contributed by atoms with Gasteiger partial charge in [-0.3, -0.25) is 14.6 Å². The highest BCUT2D eigenvalue weighted by Crippen LogP contribution is 2.33. The highest BCUT2D eigenvalue weighted by molar-refractivity contribution is 7.22. The third-order valence-electron chi connectivity index (χ3n) is 8.31. The monoisotopic (exact) mass is 693 g/mol. The molecule has 3 heterocycles. The van der Waals surface area contributed by atoms with Crippen molar-refractivity contribution in [2.75, 3.05) is 32.5 Å². The van der Waals surface area contributed by atoms with Crippen LogP contribution in [0.4, 0.5) is 9.93 Å². The molecular weight excluding hydrogens is 661 g/mol. The van der Waals surface area contributed by atoms with Crippen molar-refractivity contribution in [2.45, 2.75) is 31.7 Å². The van der Waals surface area contributed by atoms with Crippen molar-refractivity contribution in [1.82, 2.24) is 30.1 Å². The van der Waals surface area contributed by atoms with E-state index in [4.69, 9.17) is 33.7 Å². The average molecular weight is 695 g/mol. The molecule has 14 heteroatoms. The first kappa shape index (κ1) is 32.6. The van der Waals surface area contributed by atoms with Crippen molar-refractivity contribution in [3.8, 4) is 5.75 Å². The maximum Gasteiger partial charge on any atom is 0.332 e. The summed E-state index contributed by atoms with van der Waals surface area (Å²) in [6.07, 6.45) is 1.27. The minimum atomic E-state index is -0.802. The van der Waals surface area contributed by atoms with Crippen molar-refractivity contribution in [1.29, 1.82) is 0 Å². The molecule has 0 unspecified atom stereocenters. The lowest BCUT2D eigenvalue weighted by Gasteiger charge is -2.46. The van der Waals surface area contributed by atoms with Crippen LogP contribution >= 0.6 is 34.5 Å². The Hall–Kier alpha value is -4.36. The SMILES string of the molecule is C=CCN(C(=O)NCc1ccc(Cl)c(Cl)c1)N1CC(=O)N2[C@@H](Cc3ccc(OC)cc3)C(=O)N(Cc3cccc4sc(N)nc34)C[C@@H]21. The Morgan fingerprint density at radius 1 is 1.15 bits per heavy atom. The summed E-state index contributed by atoms with van der Waals surface area (Å²) in [5.74, 6) is 0.253. The second-order valence-electron chi connectivity index (χ2n) is 11.3. The smallest absolute Gasteiger partial charge is 0.332 e. The number of piperazine rings is 1. The Bertz CT molecular complexity index is 1840. The Labute approximate surface area is 286 Å². The molecule has 11 nitrogen and oxygen atoms in total. The molecule has 1 aromatic heterocycles. The number of carbonyl (C=O) groups excluding carboxylic acids is 3. The number of anilines is 1. The van der Waals surface area contributed by atoms with Gasteiger partial charge in [-0.25, -0.2) is 9.78 Å². The number of thiazole rings is 1. The summed E-state index contributed by atoms with van der Waals surface area (Å²) < 4.78 is 6.23. The van der Waals surface area contributed by atoms with Crippen molar-refractivity contribution < 1.29 is 19.1 Å². The highest BCUT2D eigenvalue weighted by Gasteiger charge is 2.52. The van der Waals surface area contributed by atoms with Gasteiger partial charge in [-0.2, -0.15) is 5.01 Å². The number of hydrogen-bond acceptors (Lipinski definition) is 8. The number of aromatic nitrogens is 1. The maximum absolute atomic E-state index is 14.3. The number of methoxy groups -OCH3 is 1. The van der Waals surface area contributed by atoms with E-state index >= 15 is 0 Å². The minimum Gasteiger partial charge on any atom is -0.497 e. The van der Waals surface area contributed by atoms with Gasteiger partial charge in [0.25, 0.3) is 0 Å². The molecule has 2 aliphatic rings. The Morgan fingerprint density at radius 3 is 2.64 bits per heavy atom. The number of rotatable bonds is 10. The number of amides is 4. The highest BCUT2D eigenvalue weighted by atomic mass is 35.5. The first-order valence-electron chi connectivity index (χ1n) is 14.9. The Kier molecular flexibility index (Phi) is 9.55. The molecule has 0 bridgehead atoms. The van der Waals surface area contributed by atoms with Crippen molar-refractivity contribution in [3.05, 3.63) is 100 Å². The van der Waals surface area contributed by atoms with Crippen LogP contribution in [0.2, 0.25) is 10.0 Å². The van der Waals surface area contributed by atoms with E-state index in [1.165, 1.54) is 16.3 Å². The van der Waals surface area contributed by atoms with E-state index in [0.717, 1.165) is 26.9 Å². The number of nitrogens with two attached hydrogens (primary N) is 1. The lowest BCUT2D eigenvalue weighted by atomic mass is 9.99. The number of ether oxygens (including phenoxy) is 1. The standard InChI is InChI=1S/C33H33Cl2N7O4S/c1-3-13-40(33(45)37-16-21-9-12-24(34)25(35)14-21)41-19-29(43)42-26(15-20-7-10-23(46-2)11-8-20)31(44)39(18-28(41)42)17-22-5-4-6-27-30(22)38-32(36)47-27/h3-12,14,26,28H,1,13,15-19H2,2H3,(H2,36,38)(H,37,45)/t26-,28+/m0/s1. The third-order valence-corrected chi connectivity index (χ3v) is 9.90. The van der Waals surface area contributed by atoms with Crippen LogP contribution < -0.4 is 15.8 Å². The molecule has 4 amide bonds. The fraction of sp³-hybridized carbons (Fsp3) is 0.273. The molecule has 2 atom stereocenters. The van der Waals surface area contributed by atoms with Gasteiger partial charge in [-0.1, -0.05) is 70.9 Å². The number of fused-ring (bicyclic) bond motifs is 2. The minimum absolute atomic E-state index is 0.0862. The molecule has 0 aliphatic carbocycles. The fourth-order valence-corrected chi connectivity index (χ4v) is 7.18. The Balaban J connectivity index is 1.31. The van der Waals surface area contributed by atoms with E-state index in [1.54, 1.807) is 46.2 Å². The van der Waals surface area contributed by atoms with E-state index in [0.29, 0.717) is 20.9 Å². The first-order chi connectivity index (χ1) is 22.7. The lowest BCUT2D eigenvalue weighted by Crippen LogP contribution is -2.66. The van der Waals surface area contributed by atoms with Gasteiger partial charge < -0.3 is 25.6 Å². The zero-order valence-electron chi connectivity index (χ0n) is 25.6. The van der Waals surface area contributed by atoms with Crippen LogP contribution in [0.3, 0.4) is 0 Å². The summed E-state index contributed by atoms with van der Waals surface area (Å²) in [6, 6.07) is 17.1. The number of urea groups is 1. The number of benzene rings is 3. The van der Waals surface area contributed by atoms with Gasteiger partial charge >= 0.3 is 6.03 Å². The van der Waals surface area contributed by atoms with Gasteiger partial charge in [0, 0.05) is 19.5 Å². The maximum atomic E-state index is 14.3. The summed E-state index contributed by atoms with van der Waals surface area (Å²) in [5, 5.41) is 7.35. The molecule has 2 fully saturated rings. The molecule has 4 aromatic rings. The quantitative estimate of drug-likeness (QED) is 0.226. The molecule has 0 radical (unpaired) electrons. The number of hydrazine groups is 1. The van der Waals surface area contributed by atoms with Crippen LogP contribution in [0.15, 0.2) is 73.3 Å². The van der Waals surface area contributed by atoms with Crippen LogP contribution in [0.25, 0.3) is 10.2 Å². The van der Waals surface area contributed by atoms with E-state index in [2.05, 4.69) is 16.9 Å². The molecule has 3 N–H and O–H groups in total. The molecule has 2 aliphatic heterocycles. The van der Waals surface area contributed by atoms with Crippen LogP contribution in [0.1, 0.15) is 16.7 Å². The van der Waals surface area contributed by atoms with Gasteiger partial charge in [0.1, 0.15) is 18.0 Å². The van der Waals surface area contributed by atoms with Gasteiger partial charge in [0.2, 0.25) is 11.8 Å². The summed E-state index contributed by atoms with van der Waals surface area (Å²) in [7, 11) is 1.59. The number of carbonyl (C=O) groups is 3. The predicted octanol–water partition coefficient (Wildman–Crippen LogP) is 4.93. The lowest BCUT2D eigenvalue weighted by molar-refractivity contribution is -0.157. The normalized spacial score (nSPS) is 18.0. The molecule has 2 saturated heterocycles. The fourth-order valence-electron chi connectivity index (χ4n) is 6.08. The number of nitrogen functional groups attached to an aromatic ring is 1. The zero-order chi connectivity index (χ0) is 33.2. The number of para-hydroxylation sites is 1. The molecule has 3 aromatic carbocycles. The third kappa shape index (κ3) is 6.72. The first-order valence-corrected chi connectivity index (χ1v) is 16.5. The van der Waals surface area contributed by atoms with E-state index in [9.17, 15) is 14.4 Å². The number of nitrogens with zero attached hydrogens (tertiary/aromatic N) is 5. The van der Waals surface area contributed by atoms with E-state index < -0.39 is 18.2 Å². The topological polar surface area (TPSA) is 124 Å². The zero-order valence-corrected chi connectivity index (χ0v) is 27.9.